The van der Waals surface area contributed by atoms with Crippen LogP contribution in [-0.4, -0.2) is 19.7 Å². The van der Waals surface area contributed by atoms with Crippen LogP contribution in [0.5, 0.6) is 5.75 Å². The van der Waals surface area contributed by atoms with Gasteiger partial charge in [-0.15, -0.1) is 0 Å². The van der Waals surface area contributed by atoms with Crippen LogP contribution in [0.3, 0.4) is 0 Å². The van der Waals surface area contributed by atoms with E-state index in [0.717, 1.165) is 24.6 Å². The Balaban J connectivity index is 2.65. The molecule has 0 aliphatic carbocycles. The zero-order valence-corrected chi connectivity index (χ0v) is 13.8. The van der Waals surface area contributed by atoms with Gasteiger partial charge in [-0.25, -0.2) is 0 Å². The summed E-state index contributed by atoms with van der Waals surface area (Å²) in [5, 5.41) is 3.60. The summed E-state index contributed by atoms with van der Waals surface area (Å²) in [5.41, 5.74) is 1.41. The van der Waals surface area contributed by atoms with E-state index in [1.165, 1.54) is 18.4 Å². The first-order chi connectivity index (χ1) is 9.56. The maximum Gasteiger partial charge on any atom is 0.118 e. The Hall–Kier alpha value is -1.02. The molecule has 20 heavy (non-hydrogen) atoms. The van der Waals surface area contributed by atoms with Crippen LogP contribution in [0.25, 0.3) is 0 Å². The van der Waals surface area contributed by atoms with E-state index in [-0.39, 0.29) is 0 Å². The number of ether oxygens (including phenoxy) is 1. The number of methoxy groups -OCH3 is 1. The molecule has 0 saturated heterocycles. The molecule has 0 heterocycles. The third-order valence-electron chi connectivity index (χ3n) is 3.99. The van der Waals surface area contributed by atoms with Crippen molar-refractivity contribution in [3.05, 3.63) is 29.8 Å². The van der Waals surface area contributed by atoms with Gasteiger partial charge in [0.1, 0.15) is 5.75 Å². The predicted octanol–water partition coefficient (Wildman–Crippen LogP) is 4.29. The van der Waals surface area contributed by atoms with Crippen LogP contribution in [0.4, 0.5) is 0 Å². The standard InChI is InChI=1S/C18H31NO/c1-6-7-15(4)17(13-19-14(2)3)12-16-8-10-18(20-5)11-9-16/h8-11,14-15,17,19H,6-7,12-13H2,1-5H3. The third-order valence-corrected chi connectivity index (χ3v) is 3.99. The number of benzene rings is 1. The predicted molar refractivity (Wildman–Crippen MR) is 87.4 cm³/mol. The Labute approximate surface area is 124 Å². The van der Waals surface area contributed by atoms with Gasteiger partial charge in [-0.2, -0.15) is 0 Å². The molecule has 1 aromatic rings. The summed E-state index contributed by atoms with van der Waals surface area (Å²) in [7, 11) is 1.72. The van der Waals surface area contributed by atoms with Crippen LogP contribution in [0, 0.1) is 11.8 Å². The van der Waals surface area contributed by atoms with Crippen molar-refractivity contribution >= 4 is 0 Å². The second-order valence-electron chi connectivity index (χ2n) is 6.14. The van der Waals surface area contributed by atoms with Crippen molar-refractivity contribution in [2.45, 2.75) is 53.0 Å². The third kappa shape index (κ3) is 5.96. The van der Waals surface area contributed by atoms with Crippen LogP contribution in [0.1, 0.15) is 46.1 Å². The van der Waals surface area contributed by atoms with Crippen molar-refractivity contribution in [2.75, 3.05) is 13.7 Å². The molecule has 0 amide bonds. The van der Waals surface area contributed by atoms with Gasteiger partial charge in [-0.05, 0) is 42.5 Å². The van der Waals surface area contributed by atoms with E-state index in [1.807, 2.05) is 0 Å². The summed E-state index contributed by atoms with van der Waals surface area (Å²) in [6.45, 7) is 10.2. The first-order valence-corrected chi connectivity index (χ1v) is 7.93. The zero-order valence-electron chi connectivity index (χ0n) is 13.8. The van der Waals surface area contributed by atoms with Crippen molar-refractivity contribution in [1.82, 2.24) is 5.32 Å². The normalized spacial score (nSPS) is 14.3. The molecule has 114 valence electrons. The van der Waals surface area contributed by atoms with Gasteiger partial charge in [0.2, 0.25) is 0 Å². The molecule has 1 aromatic carbocycles. The van der Waals surface area contributed by atoms with Gasteiger partial charge in [-0.1, -0.05) is 52.7 Å². The Bertz CT molecular complexity index is 358. The second kappa shape index (κ2) is 9.02. The molecule has 1 N–H and O–H groups in total. The van der Waals surface area contributed by atoms with Crippen molar-refractivity contribution in [3.63, 3.8) is 0 Å². The van der Waals surface area contributed by atoms with Crippen LogP contribution in [0.15, 0.2) is 24.3 Å². The Kier molecular flexibility index (Phi) is 7.68. The summed E-state index contributed by atoms with van der Waals surface area (Å²) >= 11 is 0. The van der Waals surface area contributed by atoms with E-state index < -0.39 is 0 Å². The molecule has 1 rings (SSSR count). The van der Waals surface area contributed by atoms with E-state index in [1.54, 1.807) is 7.11 Å². The monoisotopic (exact) mass is 277 g/mol. The lowest BCUT2D eigenvalue weighted by atomic mass is 9.85. The minimum absolute atomic E-state index is 0.558. The van der Waals surface area contributed by atoms with Crippen molar-refractivity contribution in [2.24, 2.45) is 11.8 Å². The highest BCUT2D eigenvalue weighted by Crippen LogP contribution is 2.22. The van der Waals surface area contributed by atoms with Crippen LogP contribution >= 0.6 is 0 Å². The van der Waals surface area contributed by atoms with Crippen LogP contribution in [0.2, 0.25) is 0 Å². The molecular weight excluding hydrogens is 246 g/mol. The molecule has 2 heteroatoms. The van der Waals surface area contributed by atoms with Gasteiger partial charge in [0.15, 0.2) is 0 Å². The highest BCUT2D eigenvalue weighted by atomic mass is 16.5. The topological polar surface area (TPSA) is 21.3 Å². The fourth-order valence-corrected chi connectivity index (χ4v) is 2.62. The largest absolute Gasteiger partial charge is 0.497 e. The van der Waals surface area contributed by atoms with Crippen molar-refractivity contribution in [3.8, 4) is 5.75 Å². The molecule has 0 aliphatic heterocycles. The van der Waals surface area contributed by atoms with E-state index in [4.69, 9.17) is 4.74 Å². The minimum atomic E-state index is 0.558. The summed E-state index contributed by atoms with van der Waals surface area (Å²) in [6, 6.07) is 9.07. The van der Waals surface area contributed by atoms with Gasteiger partial charge < -0.3 is 10.1 Å². The van der Waals surface area contributed by atoms with Crippen LogP contribution < -0.4 is 10.1 Å². The van der Waals surface area contributed by atoms with E-state index in [0.29, 0.717) is 12.0 Å². The van der Waals surface area contributed by atoms with Crippen molar-refractivity contribution in [1.29, 1.82) is 0 Å². The fraction of sp³-hybridized carbons (Fsp3) is 0.667. The summed E-state index contributed by atoms with van der Waals surface area (Å²) in [6.07, 6.45) is 3.72. The van der Waals surface area contributed by atoms with Gasteiger partial charge in [-0.3, -0.25) is 0 Å². The van der Waals surface area contributed by atoms with E-state index in [9.17, 15) is 0 Å². The molecule has 0 fully saturated rings. The number of hydrogen-bond acceptors (Lipinski definition) is 2. The fourth-order valence-electron chi connectivity index (χ4n) is 2.62. The van der Waals surface area contributed by atoms with Crippen molar-refractivity contribution < 1.29 is 4.74 Å². The molecule has 2 nitrogen and oxygen atoms in total. The quantitative estimate of drug-likeness (QED) is 0.727. The van der Waals surface area contributed by atoms with Gasteiger partial charge in [0.05, 0.1) is 7.11 Å². The summed E-state index contributed by atoms with van der Waals surface area (Å²) in [5.74, 6) is 2.39. The molecule has 0 aliphatic rings. The highest BCUT2D eigenvalue weighted by Gasteiger charge is 2.17. The first-order valence-electron chi connectivity index (χ1n) is 7.93. The Morgan fingerprint density at radius 1 is 1.10 bits per heavy atom. The van der Waals surface area contributed by atoms with Gasteiger partial charge in [0, 0.05) is 6.04 Å². The number of hydrogen-bond donors (Lipinski definition) is 1. The molecule has 0 saturated carbocycles. The maximum absolute atomic E-state index is 5.23. The average Bonchev–Trinajstić information content (AvgIpc) is 2.44. The zero-order chi connectivity index (χ0) is 15.0. The first kappa shape index (κ1) is 17.0. The molecule has 2 atom stereocenters. The maximum atomic E-state index is 5.23. The Morgan fingerprint density at radius 3 is 2.25 bits per heavy atom. The molecule has 2 unspecified atom stereocenters. The molecule has 0 spiro atoms. The number of nitrogens with one attached hydrogen (secondary N) is 1. The SMILES string of the molecule is CCCC(C)C(CNC(C)C)Cc1ccc(OC)cc1. The van der Waals surface area contributed by atoms with E-state index in [2.05, 4.69) is 57.3 Å². The second-order valence-corrected chi connectivity index (χ2v) is 6.14. The number of rotatable bonds is 9. The minimum Gasteiger partial charge on any atom is -0.497 e. The Morgan fingerprint density at radius 2 is 1.75 bits per heavy atom. The van der Waals surface area contributed by atoms with Gasteiger partial charge >= 0.3 is 0 Å². The molecular formula is C18H31NO. The molecule has 0 radical (unpaired) electrons. The lowest BCUT2D eigenvalue weighted by Gasteiger charge is -2.25. The highest BCUT2D eigenvalue weighted by molar-refractivity contribution is 5.27. The molecule has 0 aromatic heterocycles. The molecule has 0 bridgehead atoms. The summed E-state index contributed by atoms with van der Waals surface area (Å²) in [4.78, 5) is 0. The lowest BCUT2D eigenvalue weighted by Crippen LogP contribution is -2.33. The summed E-state index contributed by atoms with van der Waals surface area (Å²) < 4.78 is 5.23. The van der Waals surface area contributed by atoms with Crippen LogP contribution in [-0.2, 0) is 6.42 Å². The van der Waals surface area contributed by atoms with E-state index >= 15 is 0 Å². The smallest absolute Gasteiger partial charge is 0.118 e. The average molecular weight is 277 g/mol. The van der Waals surface area contributed by atoms with Gasteiger partial charge in [0.25, 0.3) is 0 Å². The lowest BCUT2D eigenvalue weighted by molar-refractivity contribution is 0.310.